The van der Waals surface area contributed by atoms with E-state index in [-0.39, 0.29) is 5.91 Å². The molecule has 0 aliphatic carbocycles. The van der Waals surface area contributed by atoms with E-state index in [1.54, 1.807) is 12.1 Å². The molecule has 0 spiro atoms. The number of likely N-dealkylation sites (N-methyl/N-ethyl adjacent to an activating group) is 1. The van der Waals surface area contributed by atoms with Crippen LogP contribution in [0.25, 0.3) is 0 Å². The fraction of sp³-hybridized carbons (Fsp3) is 0.440. The number of nitrogens with one attached hydrogen (secondary N) is 2. The van der Waals surface area contributed by atoms with Crippen LogP contribution in [0.3, 0.4) is 0 Å². The van der Waals surface area contributed by atoms with Gasteiger partial charge in [0.15, 0.2) is 5.82 Å². The van der Waals surface area contributed by atoms with E-state index in [2.05, 4.69) is 32.4 Å². The van der Waals surface area contributed by atoms with Crippen molar-refractivity contribution in [2.24, 2.45) is 5.92 Å². The maximum absolute atomic E-state index is 12.9. The summed E-state index contributed by atoms with van der Waals surface area (Å²) >= 11 is 6.09. The summed E-state index contributed by atoms with van der Waals surface area (Å²) in [5.41, 5.74) is 1.61. The lowest BCUT2D eigenvalue weighted by atomic mass is 10.0. The largest absolute Gasteiger partial charge is 0.354 e. The topological polar surface area (TPSA) is 93.3 Å². The van der Waals surface area contributed by atoms with Gasteiger partial charge in [0.1, 0.15) is 17.5 Å². The maximum Gasteiger partial charge on any atom is 0.253 e. The Bertz CT molecular complexity index is 1190. The predicted molar refractivity (Wildman–Crippen MR) is 138 cm³/mol. The quantitative estimate of drug-likeness (QED) is 0.542. The minimum absolute atomic E-state index is 0.0263. The minimum Gasteiger partial charge on any atom is -0.354 e. The van der Waals surface area contributed by atoms with Gasteiger partial charge in [0.05, 0.1) is 0 Å². The maximum atomic E-state index is 12.9. The van der Waals surface area contributed by atoms with Crippen molar-refractivity contribution in [3.8, 4) is 0 Å². The number of rotatable bonds is 6. The lowest BCUT2D eigenvalue weighted by Gasteiger charge is -2.33. The number of amides is 1. The van der Waals surface area contributed by atoms with Gasteiger partial charge in [-0.1, -0.05) is 17.7 Å². The number of hydrogen-bond donors (Lipinski definition) is 2. The highest BCUT2D eigenvalue weighted by atomic mass is 35.5. The van der Waals surface area contributed by atoms with Gasteiger partial charge in [0.25, 0.3) is 5.91 Å². The highest BCUT2D eigenvalue weighted by molar-refractivity contribution is 6.30. The Labute approximate surface area is 210 Å². The molecule has 10 heteroatoms. The average molecular weight is 495 g/mol. The number of hydrogen-bond acceptors (Lipinski definition) is 7. The van der Waals surface area contributed by atoms with Crippen LogP contribution in [-0.2, 0) is 6.42 Å². The molecule has 2 saturated heterocycles. The van der Waals surface area contributed by atoms with Crippen LogP contribution in [0.15, 0.2) is 36.4 Å². The first-order valence-electron chi connectivity index (χ1n) is 12.1. The van der Waals surface area contributed by atoms with Crippen LogP contribution in [0.4, 0.5) is 17.5 Å². The molecule has 2 aliphatic rings. The number of carbonyl (C=O) groups excluding carboxylic acids is 1. The lowest BCUT2D eigenvalue weighted by molar-refractivity contribution is 0.0787. The van der Waals surface area contributed by atoms with Crippen LogP contribution in [0.1, 0.15) is 28.3 Å². The van der Waals surface area contributed by atoms with Gasteiger partial charge >= 0.3 is 0 Å². The van der Waals surface area contributed by atoms with Gasteiger partial charge in [0.2, 0.25) is 0 Å². The van der Waals surface area contributed by atoms with Crippen molar-refractivity contribution in [3.05, 3.63) is 58.5 Å². The summed E-state index contributed by atoms with van der Waals surface area (Å²) in [4.78, 5) is 29.3. The highest BCUT2D eigenvalue weighted by Gasteiger charge is 2.28. The molecule has 0 saturated carbocycles. The van der Waals surface area contributed by atoms with Gasteiger partial charge in [-0.2, -0.15) is 5.10 Å². The second-order valence-electron chi connectivity index (χ2n) is 9.50. The smallest absolute Gasteiger partial charge is 0.253 e. The van der Waals surface area contributed by atoms with Crippen molar-refractivity contribution in [1.29, 1.82) is 0 Å². The molecular formula is C25H31ClN8O. The van der Waals surface area contributed by atoms with Gasteiger partial charge in [-0.05, 0) is 44.5 Å². The third-order valence-corrected chi connectivity index (χ3v) is 6.90. The Morgan fingerprint density at radius 2 is 1.94 bits per heavy atom. The van der Waals surface area contributed by atoms with Gasteiger partial charge in [-0.3, -0.25) is 9.89 Å². The van der Waals surface area contributed by atoms with E-state index in [0.717, 1.165) is 74.5 Å². The number of halogens is 1. The molecule has 184 valence electrons. The van der Waals surface area contributed by atoms with E-state index in [0.29, 0.717) is 23.0 Å². The van der Waals surface area contributed by atoms with Crippen LogP contribution < -0.4 is 10.2 Å². The van der Waals surface area contributed by atoms with E-state index in [4.69, 9.17) is 21.6 Å². The summed E-state index contributed by atoms with van der Waals surface area (Å²) in [7, 11) is 2.15. The SMILES string of the molecule is Cc1cc(Nc2cc(N3CCN(C)CC3)nc(C[C@H]3CCN(C(=O)c4cccc(Cl)c4)C3)n2)n[nH]1. The summed E-state index contributed by atoms with van der Waals surface area (Å²) in [6, 6.07) is 11.1. The fourth-order valence-electron chi connectivity index (χ4n) is 4.70. The molecule has 0 radical (unpaired) electrons. The van der Waals surface area contributed by atoms with Crippen molar-refractivity contribution < 1.29 is 4.79 Å². The third kappa shape index (κ3) is 5.74. The summed E-state index contributed by atoms with van der Waals surface area (Å²) in [5.74, 6) is 3.52. The predicted octanol–water partition coefficient (Wildman–Crippen LogP) is 3.36. The van der Waals surface area contributed by atoms with Crippen LogP contribution in [0, 0.1) is 12.8 Å². The summed E-state index contributed by atoms with van der Waals surface area (Å²) in [6.45, 7) is 7.25. The minimum atomic E-state index is 0.0263. The third-order valence-electron chi connectivity index (χ3n) is 6.66. The Morgan fingerprint density at radius 3 is 2.69 bits per heavy atom. The number of piperazine rings is 1. The Balaban J connectivity index is 1.32. The zero-order valence-corrected chi connectivity index (χ0v) is 20.9. The molecule has 9 nitrogen and oxygen atoms in total. The van der Waals surface area contributed by atoms with Gasteiger partial charge in [-0.25, -0.2) is 9.97 Å². The molecule has 1 atom stereocenters. The number of benzene rings is 1. The van der Waals surface area contributed by atoms with Gasteiger partial charge < -0.3 is 20.0 Å². The molecular weight excluding hydrogens is 464 g/mol. The first-order valence-corrected chi connectivity index (χ1v) is 12.5. The zero-order chi connectivity index (χ0) is 24.4. The van der Waals surface area contributed by atoms with E-state index in [1.165, 1.54) is 0 Å². The molecule has 2 N–H and O–H groups in total. The molecule has 2 aromatic heterocycles. The number of H-pyrrole nitrogens is 1. The van der Waals surface area contributed by atoms with E-state index in [1.807, 2.05) is 36.1 Å². The van der Waals surface area contributed by atoms with Crippen LogP contribution in [0.5, 0.6) is 0 Å². The molecule has 2 fully saturated rings. The molecule has 2 aliphatic heterocycles. The first kappa shape index (κ1) is 23.6. The lowest BCUT2D eigenvalue weighted by Crippen LogP contribution is -2.45. The molecule has 4 heterocycles. The van der Waals surface area contributed by atoms with E-state index in [9.17, 15) is 4.79 Å². The molecule has 1 amide bonds. The summed E-state index contributed by atoms with van der Waals surface area (Å²) < 4.78 is 0. The summed E-state index contributed by atoms with van der Waals surface area (Å²) in [5, 5.41) is 11.2. The Kier molecular flexibility index (Phi) is 6.88. The number of aromatic amines is 1. The van der Waals surface area contributed by atoms with Crippen molar-refractivity contribution in [2.75, 3.05) is 56.5 Å². The second-order valence-corrected chi connectivity index (χ2v) is 9.94. The van der Waals surface area contributed by atoms with Crippen LogP contribution >= 0.6 is 11.6 Å². The van der Waals surface area contributed by atoms with Crippen molar-refractivity contribution in [1.82, 2.24) is 30.0 Å². The number of nitrogens with zero attached hydrogens (tertiary/aromatic N) is 6. The number of likely N-dealkylation sites (tertiary alicyclic amines) is 1. The Hall–Kier alpha value is -3.17. The Morgan fingerprint density at radius 1 is 1.11 bits per heavy atom. The van der Waals surface area contributed by atoms with Crippen LogP contribution in [0.2, 0.25) is 5.02 Å². The standard InChI is InChI=1S/C25H31ClN8O/c1-17-12-23(31-30-17)28-22-15-24(33-10-8-32(2)9-11-33)29-21(27-22)13-18-6-7-34(16-18)25(35)19-4-3-5-20(26)14-19/h3-5,12,14-15,18H,6-11,13,16H2,1-2H3,(H2,27,28,29,30,31)/t18-/m1/s1. The number of anilines is 3. The van der Waals surface area contributed by atoms with Crippen molar-refractivity contribution in [2.45, 2.75) is 19.8 Å². The second kappa shape index (κ2) is 10.2. The number of aromatic nitrogens is 4. The molecule has 1 aromatic carbocycles. The number of carbonyl (C=O) groups is 1. The first-order chi connectivity index (χ1) is 16.9. The summed E-state index contributed by atoms with van der Waals surface area (Å²) in [6.07, 6.45) is 1.64. The molecule has 3 aromatic rings. The number of aryl methyl sites for hydroxylation is 1. The van der Waals surface area contributed by atoms with Crippen molar-refractivity contribution in [3.63, 3.8) is 0 Å². The molecule has 5 rings (SSSR count). The highest BCUT2D eigenvalue weighted by Crippen LogP contribution is 2.26. The van der Waals surface area contributed by atoms with Crippen LogP contribution in [-0.4, -0.2) is 82.2 Å². The average Bonchev–Trinajstić information content (AvgIpc) is 3.47. The van der Waals surface area contributed by atoms with Gasteiger partial charge in [0, 0.05) is 74.1 Å². The molecule has 0 bridgehead atoms. The van der Waals surface area contributed by atoms with Gasteiger partial charge in [-0.15, -0.1) is 0 Å². The van der Waals surface area contributed by atoms with E-state index >= 15 is 0 Å². The fourth-order valence-corrected chi connectivity index (χ4v) is 4.89. The molecule has 35 heavy (non-hydrogen) atoms. The van der Waals surface area contributed by atoms with E-state index < -0.39 is 0 Å². The normalized spacial score (nSPS) is 18.8. The monoisotopic (exact) mass is 494 g/mol. The van der Waals surface area contributed by atoms with Crippen molar-refractivity contribution >= 4 is 35.0 Å². The molecule has 0 unspecified atom stereocenters. The zero-order valence-electron chi connectivity index (χ0n) is 20.2.